The SMILES string of the molecule is COc1ccc(-c2nc(NCCNC(=O)c3cccs3)c3ccccc3n2)cc1. The molecule has 29 heavy (non-hydrogen) atoms. The van der Waals surface area contributed by atoms with Crippen LogP contribution < -0.4 is 15.4 Å². The fourth-order valence-corrected chi connectivity index (χ4v) is 3.57. The fourth-order valence-electron chi connectivity index (χ4n) is 2.93. The van der Waals surface area contributed by atoms with Gasteiger partial charge in [0, 0.05) is 24.0 Å². The number of amides is 1. The molecule has 2 aromatic heterocycles. The Morgan fingerprint density at radius 1 is 1.00 bits per heavy atom. The van der Waals surface area contributed by atoms with Crippen LogP contribution >= 0.6 is 11.3 Å². The third-order valence-corrected chi connectivity index (χ3v) is 5.27. The van der Waals surface area contributed by atoms with Gasteiger partial charge in [0.1, 0.15) is 11.6 Å². The predicted octanol–water partition coefficient (Wildman–Crippen LogP) is 4.21. The molecule has 0 saturated heterocycles. The number of nitrogens with one attached hydrogen (secondary N) is 2. The van der Waals surface area contributed by atoms with Gasteiger partial charge in [0.25, 0.3) is 5.91 Å². The molecular formula is C22H20N4O2S. The van der Waals surface area contributed by atoms with Crippen LogP contribution in [0.5, 0.6) is 5.75 Å². The van der Waals surface area contributed by atoms with Crippen molar-refractivity contribution in [2.24, 2.45) is 0 Å². The van der Waals surface area contributed by atoms with E-state index < -0.39 is 0 Å². The summed E-state index contributed by atoms with van der Waals surface area (Å²) in [5.74, 6) is 2.10. The molecule has 4 aromatic rings. The quantitative estimate of drug-likeness (QED) is 0.451. The van der Waals surface area contributed by atoms with Gasteiger partial charge in [0.05, 0.1) is 17.5 Å². The lowest BCUT2D eigenvalue weighted by Gasteiger charge is -2.11. The van der Waals surface area contributed by atoms with E-state index in [-0.39, 0.29) is 5.91 Å². The monoisotopic (exact) mass is 404 g/mol. The summed E-state index contributed by atoms with van der Waals surface area (Å²) in [6, 6.07) is 19.2. The summed E-state index contributed by atoms with van der Waals surface area (Å²) in [5, 5.41) is 9.08. The number of anilines is 1. The molecule has 0 aliphatic carbocycles. The summed E-state index contributed by atoms with van der Waals surface area (Å²) in [6.45, 7) is 1.05. The molecule has 6 nitrogen and oxygen atoms in total. The number of hydrogen-bond acceptors (Lipinski definition) is 6. The van der Waals surface area contributed by atoms with Gasteiger partial charge in [-0.25, -0.2) is 9.97 Å². The lowest BCUT2D eigenvalue weighted by molar-refractivity contribution is 0.0959. The van der Waals surface area contributed by atoms with Gasteiger partial charge in [0.2, 0.25) is 0 Å². The highest BCUT2D eigenvalue weighted by Gasteiger charge is 2.10. The van der Waals surface area contributed by atoms with Gasteiger partial charge in [-0.1, -0.05) is 18.2 Å². The van der Waals surface area contributed by atoms with Crippen LogP contribution in [-0.2, 0) is 0 Å². The number of nitrogens with zero attached hydrogens (tertiary/aromatic N) is 2. The Labute approximate surface area is 172 Å². The molecule has 0 unspecified atom stereocenters. The van der Waals surface area contributed by atoms with Gasteiger partial charge >= 0.3 is 0 Å². The normalized spacial score (nSPS) is 10.7. The molecule has 0 radical (unpaired) electrons. The third kappa shape index (κ3) is 4.35. The van der Waals surface area contributed by atoms with E-state index in [1.807, 2.05) is 66.0 Å². The molecular weight excluding hydrogens is 384 g/mol. The first kappa shape index (κ1) is 18.9. The van der Waals surface area contributed by atoms with E-state index in [9.17, 15) is 4.79 Å². The number of methoxy groups -OCH3 is 1. The molecule has 2 heterocycles. The standard InChI is InChI=1S/C22H20N4O2S/c1-28-16-10-8-15(9-11-16)20-25-18-6-3-2-5-17(18)21(26-20)23-12-13-24-22(27)19-7-4-14-29-19/h2-11,14H,12-13H2,1H3,(H,24,27)(H,23,25,26). The summed E-state index contributed by atoms with van der Waals surface area (Å²) < 4.78 is 5.22. The second kappa shape index (κ2) is 8.70. The Bertz CT molecular complexity index is 1110. The van der Waals surface area contributed by atoms with Crippen molar-refractivity contribution in [3.05, 3.63) is 70.9 Å². The Balaban J connectivity index is 1.52. The van der Waals surface area contributed by atoms with Crippen LogP contribution in [0.15, 0.2) is 66.0 Å². The van der Waals surface area contributed by atoms with Crippen LogP contribution in [0.4, 0.5) is 5.82 Å². The number of hydrogen-bond donors (Lipinski definition) is 2. The zero-order valence-corrected chi connectivity index (χ0v) is 16.7. The van der Waals surface area contributed by atoms with Crippen molar-refractivity contribution in [1.82, 2.24) is 15.3 Å². The van der Waals surface area contributed by atoms with E-state index >= 15 is 0 Å². The Morgan fingerprint density at radius 2 is 1.83 bits per heavy atom. The Kier molecular flexibility index (Phi) is 5.67. The minimum atomic E-state index is -0.0618. The van der Waals surface area contributed by atoms with E-state index in [1.165, 1.54) is 11.3 Å². The van der Waals surface area contributed by atoms with Gasteiger partial charge in [0.15, 0.2) is 5.82 Å². The van der Waals surface area contributed by atoms with E-state index in [2.05, 4.69) is 10.6 Å². The molecule has 2 N–H and O–H groups in total. The molecule has 1 amide bonds. The highest BCUT2D eigenvalue weighted by molar-refractivity contribution is 7.12. The number of carbonyl (C=O) groups is 1. The molecule has 0 aliphatic heterocycles. The van der Waals surface area contributed by atoms with Crippen molar-refractivity contribution in [3.8, 4) is 17.1 Å². The molecule has 7 heteroatoms. The number of thiophene rings is 1. The second-order valence-corrected chi connectivity index (χ2v) is 7.25. The third-order valence-electron chi connectivity index (χ3n) is 4.40. The van der Waals surface area contributed by atoms with Crippen LogP contribution in [0.3, 0.4) is 0 Å². The lowest BCUT2D eigenvalue weighted by atomic mass is 10.1. The predicted molar refractivity (Wildman–Crippen MR) is 117 cm³/mol. The first-order valence-corrected chi connectivity index (χ1v) is 10.1. The number of rotatable bonds is 7. The molecule has 2 aromatic carbocycles. The van der Waals surface area contributed by atoms with E-state index in [1.54, 1.807) is 7.11 Å². The number of para-hydroxylation sites is 1. The Morgan fingerprint density at radius 3 is 2.59 bits per heavy atom. The van der Waals surface area contributed by atoms with Crippen molar-refractivity contribution < 1.29 is 9.53 Å². The van der Waals surface area contributed by atoms with Crippen LogP contribution in [0.1, 0.15) is 9.67 Å². The number of ether oxygens (including phenoxy) is 1. The lowest BCUT2D eigenvalue weighted by Crippen LogP contribution is -2.28. The molecule has 0 atom stereocenters. The number of carbonyl (C=O) groups excluding carboxylic acids is 1. The minimum absolute atomic E-state index is 0.0618. The number of benzene rings is 2. The van der Waals surface area contributed by atoms with Crippen LogP contribution in [0.2, 0.25) is 0 Å². The summed E-state index contributed by atoms with van der Waals surface area (Å²) in [5.41, 5.74) is 1.77. The zero-order chi connectivity index (χ0) is 20.1. The zero-order valence-electron chi connectivity index (χ0n) is 15.9. The number of aromatic nitrogens is 2. The highest BCUT2D eigenvalue weighted by Crippen LogP contribution is 2.26. The van der Waals surface area contributed by atoms with Crippen molar-refractivity contribution in [2.45, 2.75) is 0 Å². The minimum Gasteiger partial charge on any atom is -0.497 e. The summed E-state index contributed by atoms with van der Waals surface area (Å²) in [6.07, 6.45) is 0. The Hall–Kier alpha value is -3.45. The first-order valence-electron chi connectivity index (χ1n) is 9.21. The average molecular weight is 404 g/mol. The first-order chi connectivity index (χ1) is 14.2. The molecule has 0 fully saturated rings. The maximum atomic E-state index is 12.1. The van der Waals surface area contributed by atoms with Crippen molar-refractivity contribution in [3.63, 3.8) is 0 Å². The molecule has 4 rings (SSSR count). The molecule has 0 aliphatic rings. The van der Waals surface area contributed by atoms with Crippen molar-refractivity contribution in [1.29, 1.82) is 0 Å². The van der Waals surface area contributed by atoms with Crippen molar-refractivity contribution in [2.75, 3.05) is 25.5 Å². The smallest absolute Gasteiger partial charge is 0.261 e. The van der Waals surface area contributed by atoms with E-state index in [0.717, 1.165) is 28.0 Å². The number of fused-ring (bicyclic) bond motifs is 1. The van der Waals surface area contributed by atoms with Crippen LogP contribution in [-0.4, -0.2) is 36.1 Å². The molecule has 0 spiro atoms. The summed E-state index contributed by atoms with van der Waals surface area (Å²) in [7, 11) is 1.64. The van der Waals surface area contributed by atoms with Crippen LogP contribution in [0, 0.1) is 0 Å². The van der Waals surface area contributed by atoms with Gasteiger partial charge in [-0.15, -0.1) is 11.3 Å². The maximum absolute atomic E-state index is 12.1. The van der Waals surface area contributed by atoms with Gasteiger partial charge in [-0.05, 0) is 47.8 Å². The topological polar surface area (TPSA) is 76.1 Å². The van der Waals surface area contributed by atoms with Gasteiger partial charge < -0.3 is 15.4 Å². The maximum Gasteiger partial charge on any atom is 0.261 e. The van der Waals surface area contributed by atoms with Gasteiger partial charge in [-0.2, -0.15) is 0 Å². The second-order valence-electron chi connectivity index (χ2n) is 6.30. The summed E-state index contributed by atoms with van der Waals surface area (Å²) >= 11 is 1.43. The van der Waals surface area contributed by atoms with Gasteiger partial charge in [-0.3, -0.25) is 4.79 Å². The molecule has 0 bridgehead atoms. The van der Waals surface area contributed by atoms with E-state index in [4.69, 9.17) is 14.7 Å². The molecule has 146 valence electrons. The highest BCUT2D eigenvalue weighted by atomic mass is 32.1. The molecule has 0 saturated carbocycles. The summed E-state index contributed by atoms with van der Waals surface area (Å²) in [4.78, 5) is 22.2. The largest absolute Gasteiger partial charge is 0.497 e. The average Bonchev–Trinajstić information content (AvgIpc) is 3.31. The van der Waals surface area contributed by atoms with Crippen molar-refractivity contribution >= 4 is 34.0 Å². The fraction of sp³-hybridized carbons (Fsp3) is 0.136. The van der Waals surface area contributed by atoms with Crippen LogP contribution in [0.25, 0.3) is 22.3 Å². The van der Waals surface area contributed by atoms with E-state index in [0.29, 0.717) is 23.8 Å².